The van der Waals surface area contributed by atoms with E-state index in [2.05, 4.69) is 10.4 Å². The van der Waals surface area contributed by atoms with E-state index in [0.29, 0.717) is 17.0 Å². The Kier molecular flexibility index (Phi) is 6.77. The summed E-state index contributed by atoms with van der Waals surface area (Å²) in [4.78, 5) is 24.9. The first-order chi connectivity index (χ1) is 17.0. The highest BCUT2D eigenvalue weighted by atomic mass is 35.5. The Balaban J connectivity index is 1.70. The Bertz CT molecular complexity index is 1350. The summed E-state index contributed by atoms with van der Waals surface area (Å²) in [5, 5.41) is 7.95. The summed E-state index contributed by atoms with van der Waals surface area (Å²) in [5.74, 6) is -0.552. The van der Waals surface area contributed by atoms with Crippen LogP contribution in [0, 0.1) is 0 Å². The number of rotatable bonds is 4. The normalized spacial score (nSPS) is 17.5. The number of esters is 1. The lowest BCUT2D eigenvalue weighted by molar-refractivity contribution is -0.137. The fourth-order valence-corrected chi connectivity index (χ4v) is 4.38. The number of ether oxygens (including phenoxy) is 1. The Hall–Kier alpha value is -3.85. The van der Waals surface area contributed by atoms with Crippen LogP contribution in [0.25, 0.3) is 0 Å². The molecule has 2 amide bonds. The maximum absolute atomic E-state index is 13.2. The monoisotopic (exact) mass is 515 g/mol. The molecule has 3 aromatic rings. The summed E-state index contributed by atoms with van der Waals surface area (Å²) in [6.07, 6.45) is -4.60. The van der Waals surface area contributed by atoms with Crippen LogP contribution in [0.2, 0.25) is 5.02 Å². The molecule has 1 atom stereocenters. The fraction of sp³-hybridized carbons (Fsp3) is 0.192. The van der Waals surface area contributed by atoms with Gasteiger partial charge in [-0.1, -0.05) is 54.1 Å². The third-order valence-corrected chi connectivity index (χ3v) is 6.25. The number of urea groups is 1. The van der Waals surface area contributed by atoms with Gasteiger partial charge in [0.1, 0.15) is 0 Å². The summed E-state index contributed by atoms with van der Waals surface area (Å²) in [6.45, 7) is 1.98. The number of hydrogen-bond donors (Lipinski definition) is 1. The lowest BCUT2D eigenvalue weighted by Crippen LogP contribution is -2.38. The van der Waals surface area contributed by atoms with Crippen molar-refractivity contribution in [2.24, 2.45) is 5.10 Å². The standard InChI is InChI=1S/C26H21ClF3N3O3/c1-25(18-8-4-3-5-9-18)15-33(24(35)31-19-10-6-7-17(13-19)23(34)36-2)32-22(25)16-11-12-20(21(27)14-16)26(28,29)30/h3-14H,15H2,1-2H3,(H,31,35). The highest BCUT2D eigenvalue weighted by Crippen LogP contribution is 2.39. The number of methoxy groups -OCH3 is 1. The third kappa shape index (κ3) is 4.92. The number of benzene rings is 3. The number of alkyl halides is 3. The minimum Gasteiger partial charge on any atom is -0.465 e. The molecule has 1 unspecified atom stereocenters. The minimum atomic E-state index is -4.60. The second-order valence-corrected chi connectivity index (χ2v) is 8.81. The molecule has 1 aliphatic rings. The largest absolute Gasteiger partial charge is 0.465 e. The van der Waals surface area contributed by atoms with Crippen molar-refractivity contribution in [1.82, 2.24) is 5.01 Å². The number of carbonyl (C=O) groups is 2. The molecule has 0 radical (unpaired) electrons. The van der Waals surface area contributed by atoms with E-state index in [-0.39, 0.29) is 12.1 Å². The predicted molar refractivity (Wildman–Crippen MR) is 130 cm³/mol. The molecule has 10 heteroatoms. The topological polar surface area (TPSA) is 71.0 Å². The Morgan fingerprint density at radius 3 is 2.42 bits per heavy atom. The summed E-state index contributed by atoms with van der Waals surface area (Å²) in [5.41, 5.74) is 0.399. The minimum absolute atomic E-state index is 0.119. The molecule has 0 spiro atoms. The maximum Gasteiger partial charge on any atom is 0.417 e. The molecule has 0 bridgehead atoms. The molecule has 186 valence electrons. The van der Waals surface area contributed by atoms with Crippen LogP contribution in [0.5, 0.6) is 0 Å². The second-order valence-electron chi connectivity index (χ2n) is 8.40. The summed E-state index contributed by atoms with van der Waals surface area (Å²) < 4.78 is 44.4. The highest BCUT2D eigenvalue weighted by molar-refractivity contribution is 6.32. The molecular weight excluding hydrogens is 495 g/mol. The predicted octanol–water partition coefficient (Wildman–Crippen LogP) is 6.36. The Morgan fingerprint density at radius 1 is 1.06 bits per heavy atom. The van der Waals surface area contributed by atoms with Crippen LogP contribution in [0.3, 0.4) is 0 Å². The second kappa shape index (κ2) is 9.66. The van der Waals surface area contributed by atoms with E-state index in [1.54, 1.807) is 18.2 Å². The molecule has 1 N–H and O–H groups in total. The molecule has 0 fully saturated rings. The molecule has 0 saturated carbocycles. The fourth-order valence-electron chi connectivity index (χ4n) is 4.09. The van der Waals surface area contributed by atoms with Crippen molar-refractivity contribution in [3.8, 4) is 0 Å². The van der Waals surface area contributed by atoms with Gasteiger partial charge in [0.15, 0.2) is 0 Å². The van der Waals surface area contributed by atoms with Crippen LogP contribution in [0.1, 0.15) is 34.0 Å². The zero-order valence-corrected chi connectivity index (χ0v) is 20.0. The maximum atomic E-state index is 13.2. The van der Waals surface area contributed by atoms with E-state index < -0.39 is 34.2 Å². The number of anilines is 1. The lowest BCUT2D eigenvalue weighted by Gasteiger charge is -2.27. The molecule has 0 aromatic heterocycles. The number of nitrogens with zero attached hydrogens (tertiary/aromatic N) is 2. The van der Waals surface area contributed by atoms with Crippen molar-refractivity contribution in [3.63, 3.8) is 0 Å². The van der Waals surface area contributed by atoms with E-state index in [1.165, 1.54) is 30.3 Å². The summed E-state index contributed by atoms with van der Waals surface area (Å²) in [7, 11) is 1.26. The molecule has 1 heterocycles. The van der Waals surface area contributed by atoms with Crippen LogP contribution in [-0.4, -0.2) is 36.4 Å². The van der Waals surface area contributed by atoms with Gasteiger partial charge < -0.3 is 10.1 Å². The van der Waals surface area contributed by atoms with Gasteiger partial charge in [0.2, 0.25) is 0 Å². The van der Waals surface area contributed by atoms with Crippen LogP contribution in [-0.2, 0) is 16.3 Å². The van der Waals surface area contributed by atoms with Gasteiger partial charge in [-0.25, -0.2) is 14.6 Å². The third-order valence-electron chi connectivity index (χ3n) is 5.94. The van der Waals surface area contributed by atoms with Gasteiger partial charge in [-0.05, 0) is 42.8 Å². The van der Waals surface area contributed by atoms with Crippen molar-refractivity contribution in [3.05, 3.63) is 100 Å². The van der Waals surface area contributed by atoms with Crippen molar-refractivity contribution in [1.29, 1.82) is 0 Å². The number of halogens is 4. The first-order valence-electron chi connectivity index (χ1n) is 10.8. The molecular formula is C26H21ClF3N3O3. The van der Waals surface area contributed by atoms with Gasteiger partial charge in [-0.15, -0.1) is 0 Å². The van der Waals surface area contributed by atoms with Crippen molar-refractivity contribution >= 4 is 35.0 Å². The lowest BCUT2D eigenvalue weighted by atomic mass is 9.76. The molecule has 0 saturated heterocycles. The van der Waals surface area contributed by atoms with Crippen LogP contribution in [0.15, 0.2) is 77.9 Å². The number of nitrogens with one attached hydrogen (secondary N) is 1. The first-order valence-corrected chi connectivity index (χ1v) is 11.2. The van der Waals surface area contributed by atoms with Crippen LogP contribution >= 0.6 is 11.6 Å². The van der Waals surface area contributed by atoms with Gasteiger partial charge in [0.25, 0.3) is 0 Å². The van der Waals surface area contributed by atoms with E-state index >= 15 is 0 Å². The van der Waals surface area contributed by atoms with E-state index in [4.69, 9.17) is 16.3 Å². The molecule has 1 aliphatic heterocycles. The smallest absolute Gasteiger partial charge is 0.417 e. The number of carbonyl (C=O) groups excluding carboxylic acids is 2. The average molecular weight is 516 g/mol. The quantitative estimate of drug-likeness (QED) is 0.411. The van der Waals surface area contributed by atoms with Gasteiger partial charge in [0, 0.05) is 11.3 Å². The molecule has 4 rings (SSSR count). The zero-order chi connectivity index (χ0) is 26.1. The average Bonchev–Trinajstić information content (AvgIpc) is 3.22. The van der Waals surface area contributed by atoms with E-state index in [0.717, 1.165) is 11.6 Å². The zero-order valence-electron chi connectivity index (χ0n) is 19.3. The highest BCUT2D eigenvalue weighted by Gasteiger charge is 2.43. The molecule has 6 nitrogen and oxygen atoms in total. The Labute approximate surface area is 210 Å². The van der Waals surface area contributed by atoms with Gasteiger partial charge in [-0.2, -0.15) is 18.3 Å². The van der Waals surface area contributed by atoms with Crippen molar-refractivity contribution in [2.75, 3.05) is 19.0 Å². The van der Waals surface area contributed by atoms with Crippen molar-refractivity contribution < 1.29 is 27.5 Å². The number of hydrogen-bond acceptors (Lipinski definition) is 4. The molecule has 3 aromatic carbocycles. The molecule has 0 aliphatic carbocycles. The van der Waals surface area contributed by atoms with Crippen LogP contribution in [0.4, 0.5) is 23.7 Å². The van der Waals surface area contributed by atoms with Gasteiger partial charge in [-0.3, -0.25) is 0 Å². The van der Waals surface area contributed by atoms with Gasteiger partial charge in [0.05, 0.1) is 40.9 Å². The van der Waals surface area contributed by atoms with E-state index in [9.17, 15) is 22.8 Å². The Morgan fingerprint density at radius 2 is 1.78 bits per heavy atom. The first kappa shape index (κ1) is 25.2. The van der Waals surface area contributed by atoms with Crippen molar-refractivity contribution in [2.45, 2.75) is 18.5 Å². The number of hydrazone groups is 1. The van der Waals surface area contributed by atoms with Crippen LogP contribution < -0.4 is 5.32 Å². The number of amides is 2. The SMILES string of the molecule is COC(=O)c1cccc(NC(=O)N2CC(C)(c3ccccc3)C(c3ccc(C(F)(F)F)c(Cl)c3)=N2)c1. The van der Waals surface area contributed by atoms with Gasteiger partial charge >= 0.3 is 18.2 Å². The molecule has 36 heavy (non-hydrogen) atoms. The summed E-state index contributed by atoms with van der Waals surface area (Å²) >= 11 is 5.98. The van der Waals surface area contributed by atoms with E-state index in [1.807, 2.05) is 37.3 Å². The summed E-state index contributed by atoms with van der Waals surface area (Å²) in [6, 6.07) is 18.3.